The smallest absolute Gasteiger partial charge is 0.213 e. The van der Waals surface area contributed by atoms with Crippen LogP contribution in [0.25, 0.3) is 0 Å². The van der Waals surface area contributed by atoms with Crippen molar-refractivity contribution < 1.29 is 4.79 Å². The largest absolute Gasteiger partial charge is 0.302 e. The predicted molar refractivity (Wildman–Crippen MR) is 65.5 cm³/mol. The molecule has 0 amide bonds. The summed E-state index contributed by atoms with van der Waals surface area (Å²) < 4.78 is -1.54. The second-order valence-electron chi connectivity index (χ2n) is 4.53. The number of carbonyl (C=O) groups is 1. The zero-order valence-corrected chi connectivity index (χ0v) is 11.0. The molecule has 0 aromatic heterocycles. The topological polar surface area (TPSA) is 17.1 Å². The van der Waals surface area contributed by atoms with Crippen LogP contribution in [0.1, 0.15) is 20.3 Å². The number of hydrogen-bond donors (Lipinski definition) is 0. The van der Waals surface area contributed by atoms with Crippen LogP contribution in [0.2, 0.25) is 0 Å². The van der Waals surface area contributed by atoms with Gasteiger partial charge in [-0.25, -0.2) is 0 Å². The molecule has 15 heavy (non-hydrogen) atoms. The fourth-order valence-corrected chi connectivity index (χ4v) is 2.42. The molecule has 0 bridgehead atoms. The minimum atomic E-state index is -1.54. The molecule has 1 aliphatic rings. The van der Waals surface area contributed by atoms with E-state index >= 15 is 0 Å². The Bertz CT molecular complexity index is 323. The van der Waals surface area contributed by atoms with E-state index < -0.39 is 9.71 Å². The summed E-state index contributed by atoms with van der Waals surface area (Å²) in [6, 6.07) is 0. The van der Waals surface area contributed by atoms with E-state index in [-0.39, 0.29) is 5.41 Å². The highest BCUT2D eigenvalue weighted by atomic mass is 35.6. The van der Waals surface area contributed by atoms with Crippen LogP contribution in [0.15, 0.2) is 23.8 Å². The summed E-state index contributed by atoms with van der Waals surface area (Å²) in [5.41, 5.74) is 1.21. The third-order valence-electron chi connectivity index (χ3n) is 2.47. The lowest BCUT2D eigenvalue weighted by molar-refractivity contribution is -0.109. The SMILES string of the molecule is C=C1CC(C)(C)C=C(C(Cl)(Cl)Cl)C1C=O. The molecule has 1 nitrogen and oxygen atoms in total. The van der Waals surface area contributed by atoms with Gasteiger partial charge < -0.3 is 4.79 Å². The first-order valence-electron chi connectivity index (χ1n) is 4.60. The number of halogens is 3. The zero-order valence-electron chi connectivity index (χ0n) is 8.69. The molecule has 0 N–H and O–H groups in total. The third-order valence-corrected chi connectivity index (χ3v) is 3.12. The summed E-state index contributed by atoms with van der Waals surface area (Å²) in [5.74, 6) is -0.467. The Morgan fingerprint density at radius 1 is 1.53 bits per heavy atom. The maximum atomic E-state index is 11.0. The lowest BCUT2D eigenvalue weighted by Crippen LogP contribution is -2.29. The molecule has 0 fully saturated rings. The normalized spacial score (nSPS) is 26.1. The molecular weight excluding hydrogens is 254 g/mol. The molecule has 1 unspecified atom stereocenters. The lowest BCUT2D eigenvalue weighted by Gasteiger charge is -2.35. The van der Waals surface area contributed by atoms with Gasteiger partial charge in [-0.1, -0.05) is 66.9 Å². The van der Waals surface area contributed by atoms with Gasteiger partial charge in [-0.2, -0.15) is 0 Å². The van der Waals surface area contributed by atoms with Crippen LogP contribution in [0.5, 0.6) is 0 Å². The van der Waals surface area contributed by atoms with Crippen LogP contribution >= 0.6 is 34.8 Å². The van der Waals surface area contributed by atoms with Gasteiger partial charge in [0.1, 0.15) is 6.29 Å². The van der Waals surface area contributed by atoms with Crippen molar-refractivity contribution in [1.29, 1.82) is 0 Å². The first-order valence-corrected chi connectivity index (χ1v) is 5.74. The number of allylic oxidation sites excluding steroid dienone is 3. The fourth-order valence-electron chi connectivity index (χ4n) is 1.90. The molecule has 1 aliphatic carbocycles. The minimum absolute atomic E-state index is 0.115. The van der Waals surface area contributed by atoms with Gasteiger partial charge >= 0.3 is 0 Å². The Morgan fingerprint density at radius 2 is 2.07 bits per heavy atom. The van der Waals surface area contributed by atoms with Crippen LogP contribution in [0.4, 0.5) is 0 Å². The van der Waals surface area contributed by atoms with Gasteiger partial charge in [0.2, 0.25) is 3.79 Å². The minimum Gasteiger partial charge on any atom is -0.302 e. The van der Waals surface area contributed by atoms with Gasteiger partial charge in [0.05, 0.1) is 5.92 Å². The molecule has 0 spiro atoms. The van der Waals surface area contributed by atoms with Crippen molar-refractivity contribution >= 4 is 41.1 Å². The van der Waals surface area contributed by atoms with E-state index in [1.54, 1.807) is 0 Å². The van der Waals surface area contributed by atoms with Gasteiger partial charge in [0, 0.05) is 0 Å². The van der Waals surface area contributed by atoms with Gasteiger partial charge in [-0.3, -0.25) is 0 Å². The quantitative estimate of drug-likeness (QED) is 0.397. The van der Waals surface area contributed by atoms with Gasteiger partial charge in [-0.05, 0) is 17.4 Å². The average Bonchev–Trinajstić information content (AvgIpc) is 1.99. The van der Waals surface area contributed by atoms with Crippen molar-refractivity contribution in [2.45, 2.75) is 24.1 Å². The van der Waals surface area contributed by atoms with E-state index in [4.69, 9.17) is 34.8 Å². The summed E-state index contributed by atoms with van der Waals surface area (Å²) in [5, 5.41) is 0. The highest BCUT2D eigenvalue weighted by Crippen LogP contribution is 2.47. The first kappa shape index (κ1) is 13.1. The van der Waals surface area contributed by atoms with Crippen molar-refractivity contribution in [1.82, 2.24) is 0 Å². The van der Waals surface area contributed by atoms with Crippen LogP contribution in [0, 0.1) is 11.3 Å². The van der Waals surface area contributed by atoms with Crippen LogP contribution < -0.4 is 0 Å². The maximum Gasteiger partial charge on any atom is 0.213 e. The summed E-state index contributed by atoms with van der Waals surface area (Å²) in [4.78, 5) is 11.0. The molecule has 0 saturated heterocycles. The Hall–Kier alpha value is 0.0200. The predicted octanol–water partition coefficient (Wildman–Crippen LogP) is 4.08. The molecule has 1 atom stereocenters. The van der Waals surface area contributed by atoms with Gasteiger partial charge in [0.25, 0.3) is 0 Å². The van der Waals surface area contributed by atoms with E-state index in [0.29, 0.717) is 5.57 Å². The molecule has 0 aromatic rings. The maximum absolute atomic E-state index is 11.0. The lowest BCUT2D eigenvalue weighted by atomic mass is 9.73. The molecule has 0 heterocycles. The molecule has 84 valence electrons. The molecule has 0 saturated carbocycles. The zero-order chi connectivity index (χ0) is 11.9. The van der Waals surface area contributed by atoms with Crippen LogP contribution in [-0.2, 0) is 4.79 Å². The Labute approximate surface area is 105 Å². The molecular formula is C11H13Cl3O. The second-order valence-corrected chi connectivity index (χ2v) is 6.82. The highest BCUT2D eigenvalue weighted by Gasteiger charge is 2.39. The van der Waals surface area contributed by atoms with E-state index in [0.717, 1.165) is 18.3 Å². The van der Waals surface area contributed by atoms with Crippen molar-refractivity contribution in [3.05, 3.63) is 23.8 Å². The van der Waals surface area contributed by atoms with Crippen molar-refractivity contribution in [3.63, 3.8) is 0 Å². The third kappa shape index (κ3) is 2.99. The number of hydrogen-bond acceptors (Lipinski definition) is 1. The summed E-state index contributed by atoms with van der Waals surface area (Å²) in [7, 11) is 0. The van der Waals surface area contributed by atoms with Crippen molar-refractivity contribution in [2.24, 2.45) is 11.3 Å². The number of aldehydes is 1. The van der Waals surface area contributed by atoms with E-state index in [1.165, 1.54) is 0 Å². The highest BCUT2D eigenvalue weighted by molar-refractivity contribution is 6.69. The monoisotopic (exact) mass is 266 g/mol. The molecule has 1 rings (SSSR count). The molecule has 4 heteroatoms. The molecule has 0 aliphatic heterocycles. The fraction of sp³-hybridized carbons (Fsp3) is 0.545. The van der Waals surface area contributed by atoms with E-state index in [2.05, 4.69) is 6.58 Å². The summed E-state index contributed by atoms with van der Waals surface area (Å²) >= 11 is 17.5. The van der Waals surface area contributed by atoms with Gasteiger partial charge in [0.15, 0.2) is 0 Å². The Kier molecular flexibility index (Phi) is 3.59. The standard InChI is InChI=1S/C11H13Cl3O/c1-7-4-10(2,3)5-9(8(7)6-15)11(12,13)14/h5-6,8H,1,4H2,2-3H3. The van der Waals surface area contributed by atoms with Crippen LogP contribution in [0.3, 0.4) is 0 Å². The van der Waals surface area contributed by atoms with Crippen molar-refractivity contribution in [2.75, 3.05) is 0 Å². The average molecular weight is 268 g/mol. The molecule has 0 aromatic carbocycles. The Balaban J connectivity index is 3.22. The summed E-state index contributed by atoms with van der Waals surface area (Å²) in [6.45, 7) is 7.92. The summed E-state index contributed by atoms with van der Waals surface area (Å²) in [6.07, 6.45) is 3.39. The molecule has 0 radical (unpaired) electrons. The Morgan fingerprint density at radius 3 is 2.47 bits per heavy atom. The number of carbonyl (C=O) groups excluding carboxylic acids is 1. The number of rotatable bonds is 1. The van der Waals surface area contributed by atoms with Gasteiger partial charge in [-0.15, -0.1) is 0 Å². The van der Waals surface area contributed by atoms with Crippen molar-refractivity contribution in [3.8, 4) is 0 Å². The number of alkyl halides is 3. The van der Waals surface area contributed by atoms with E-state index in [1.807, 2.05) is 19.9 Å². The van der Waals surface area contributed by atoms with E-state index in [9.17, 15) is 4.79 Å². The second kappa shape index (κ2) is 4.12. The van der Waals surface area contributed by atoms with Crippen LogP contribution in [-0.4, -0.2) is 10.1 Å². The first-order chi connectivity index (χ1) is 6.67.